The number of H-pyrrole nitrogens is 3. The maximum atomic E-state index is 10.2. The summed E-state index contributed by atoms with van der Waals surface area (Å²) in [6.07, 6.45) is 0. The van der Waals surface area contributed by atoms with Crippen LogP contribution in [0, 0.1) is 0 Å². The van der Waals surface area contributed by atoms with E-state index in [0.29, 0.717) is 0 Å². The summed E-state index contributed by atoms with van der Waals surface area (Å²) in [5, 5.41) is 0. The zero-order valence-corrected chi connectivity index (χ0v) is 12.9. The molecule has 0 saturated carbocycles. The van der Waals surface area contributed by atoms with E-state index >= 15 is 0 Å². The van der Waals surface area contributed by atoms with E-state index in [0.717, 1.165) is 0 Å². The molecule has 5 N–H and O–H groups in total. The second-order valence-corrected chi connectivity index (χ2v) is 1.36. The van der Waals surface area contributed by atoms with Crippen molar-refractivity contribution in [1.29, 1.82) is 0 Å². The Bertz CT molecular complexity index is 288. The van der Waals surface area contributed by atoms with Crippen LogP contribution in [-0.4, -0.2) is 44.3 Å². The van der Waals surface area contributed by atoms with Crippen molar-refractivity contribution in [2.24, 2.45) is 0 Å². The molecule has 71 valence electrons. The topological polar surface area (TPSA) is 130 Å². The Morgan fingerprint density at radius 2 is 0.917 bits per heavy atom. The Hall–Kier alpha value is -0.312. The van der Waals surface area contributed by atoms with Gasteiger partial charge in [-0.05, 0) is 0 Å². The van der Waals surface area contributed by atoms with Crippen LogP contribution in [-0.2, 0) is 17.1 Å². The minimum atomic E-state index is -0.802. The van der Waals surface area contributed by atoms with Gasteiger partial charge in [-0.3, -0.25) is 15.0 Å². The number of hydrogen-bond acceptors (Lipinski definition) is 3. The Labute approximate surface area is 92.7 Å². The van der Waals surface area contributed by atoms with E-state index < -0.39 is 17.1 Å². The molecule has 1 aromatic rings. The van der Waals surface area contributed by atoms with Gasteiger partial charge in [-0.15, -0.1) is 0 Å². The Kier molecular flexibility index (Phi) is 10.8. The van der Waals surface area contributed by atoms with Crippen molar-refractivity contribution in [2.45, 2.75) is 0 Å². The first-order valence-corrected chi connectivity index (χ1v) is 2.11. The second-order valence-electron chi connectivity index (χ2n) is 1.36. The molecule has 0 spiro atoms. The molecule has 0 aromatic carbocycles. The van der Waals surface area contributed by atoms with E-state index in [1.54, 1.807) is 15.0 Å². The van der Waals surface area contributed by atoms with Gasteiger partial charge in [0.2, 0.25) is 0 Å². The van der Waals surface area contributed by atoms with E-state index in [-0.39, 0.29) is 46.5 Å². The summed E-state index contributed by atoms with van der Waals surface area (Å²) >= 11 is 0. The van der Waals surface area contributed by atoms with Crippen LogP contribution >= 0.6 is 0 Å². The van der Waals surface area contributed by atoms with Crippen LogP contribution in [0.15, 0.2) is 14.4 Å². The van der Waals surface area contributed by atoms with Crippen LogP contribution in [0.1, 0.15) is 0 Å². The molecule has 7 nitrogen and oxygen atoms in total. The van der Waals surface area contributed by atoms with Crippen LogP contribution < -0.4 is 17.1 Å². The normalized spacial score (nSPS) is 7.00. The second kappa shape index (κ2) is 7.34. The van der Waals surface area contributed by atoms with Crippen LogP contribution in [0.25, 0.3) is 0 Å². The molecule has 1 radical (unpaired) electrons. The number of hydrogen-bond donors (Lipinski definition) is 3. The third-order valence-corrected chi connectivity index (χ3v) is 0.681. The molecule has 0 saturated heterocycles. The summed E-state index contributed by atoms with van der Waals surface area (Å²) in [5.41, 5.74) is -2.41. The molecule has 0 atom stereocenters. The SMILES string of the molecule is O.O=c1[nH]c(=O)[nH]c(=O)[nH]1.[Fe].[SnH3]. The summed E-state index contributed by atoms with van der Waals surface area (Å²) in [7, 11) is 0. The number of nitrogens with one attached hydrogen (secondary N) is 3. The molecule has 0 aliphatic carbocycles. The number of aromatic nitrogens is 3. The van der Waals surface area contributed by atoms with Crippen LogP contribution in [0.2, 0.25) is 0 Å². The summed E-state index contributed by atoms with van der Waals surface area (Å²) in [6, 6.07) is 0. The van der Waals surface area contributed by atoms with Gasteiger partial charge in [0, 0.05) is 17.1 Å². The standard InChI is InChI=1S/C3H3N3O3.Fe.H2O.Sn.3H/c7-1-4-2(8)6-3(9)5-1;;;;;;/h(H3,4,5,6,7,8,9);;1H2;;;;. The summed E-state index contributed by atoms with van der Waals surface area (Å²) in [4.78, 5) is 35.9. The van der Waals surface area contributed by atoms with Crippen molar-refractivity contribution in [3.8, 4) is 0 Å². The maximum absolute atomic E-state index is 10.2. The molecular formula is C3H8FeN3O4Sn. The molecule has 0 unspecified atom stereocenters. The molecule has 1 aromatic heterocycles. The van der Waals surface area contributed by atoms with Gasteiger partial charge >= 0.3 is 41.0 Å². The monoisotopic (exact) mass is 326 g/mol. The van der Waals surface area contributed by atoms with Crippen molar-refractivity contribution < 1.29 is 22.5 Å². The molecule has 0 fully saturated rings. The van der Waals surface area contributed by atoms with Gasteiger partial charge in [0.05, 0.1) is 0 Å². The van der Waals surface area contributed by atoms with Crippen LogP contribution in [0.5, 0.6) is 0 Å². The predicted octanol–water partition coefficient (Wildman–Crippen LogP) is -4.26. The van der Waals surface area contributed by atoms with E-state index in [1.165, 1.54) is 0 Å². The van der Waals surface area contributed by atoms with Crippen molar-refractivity contribution in [3.05, 3.63) is 31.5 Å². The predicted molar refractivity (Wildman–Crippen MR) is 41.9 cm³/mol. The van der Waals surface area contributed by atoms with E-state index in [1.807, 2.05) is 0 Å². The molecule has 12 heavy (non-hydrogen) atoms. The van der Waals surface area contributed by atoms with Gasteiger partial charge in [0.25, 0.3) is 0 Å². The Morgan fingerprint density at radius 1 is 0.750 bits per heavy atom. The number of rotatable bonds is 0. The van der Waals surface area contributed by atoms with Crippen LogP contribution in [0.4, 0.5) is 0 Å². The molecule has 1 heterocycles. The summed E-state index contributed by atoms with van der Waals surface area (Å²) in [6.45, 7) is 0. The van der Waals surface area contributed by atoms with Crippen LogP contribution in [0.3, 0.4) is 0 Å². The first-order chi connectivity index (χ1) is 4.18. The van der Waals surface area contributed by atoms with E-state index in [2.05, 4.69) is 0 Å². The first kappa shape index (κ1) is 17.7. The fourth-order valence-electron chi connectivity index (χ4n) is 0.403. The first-order valence-electron chi connectivity index (χ1n) is 2.11. The molecule has 9 heteroatoms. The van der Waals surface area contributed by atoms with Gasteiger partial charge in [-0.1, -0.05) is 0 Å². The summed E-state index contributed by atoms with van der Waals surface area (Å²) < 4.78 is 0. The molecule has 0 bridgehead atoms. The van der Waals surface area contributed by atoms with Gasteiger partial charge in [0.1, 0.15) is 0 Å². The Balaban J connectivity index is -0.000000270. The third-order valence-electron chi connectivity index (χ3n) is 0.681. The van der Waals surface area contributed by atoms with Crippen molar-refractivity contribution >= 4 is 23.9 Å². The zero-order valence-electron chi connectivity index (χ0n) is 6.08. The fraction of sp³-hybridized carbons (Fsp3) is 0. The summed E-state index contributed by atoms with van der Waals surface area (Å²) in [5.74, 6) is 0. The van der Waals surface area contributed by atoms with Gasteiger partial charge in [-0.2, -0.15) is 0 Å². The van der Waals surface area contributed by atoms with Crippen molar-refractivity contribution in [2.75, 3.05) is 0 Å². The Morgan fingerprint density at radius 3 is 1.08 bits per heavy atom. The molecule has 0 aliphatic heterocycles. The molecule has 0 amide bonds. The average molecular weight is 325 g/mol. The van der Waals surface area contributed by atoms with Crippen molar-refractivity contribution in [1.82, 2.24) is 15.0 Å². The quantitative estimate of drug-likeness (QED) is 0.418. The minimum absolute atomic E-state index is 0. The number of aromatic amines is 3. The fourth-order valence-corrected chi connectivity index (χ4v) is 0.403. The molecule has 0 aliphatic rings. The van der Waals surface area contributed by atoms with E-state index in [4.69, 9.17) is 0 Å². The van der Waals surface area contributed by atoms with Gasteiger partial charge in [0.15, 0.2) is 0 Å². The third kappa shape index (κ3) is 5.35. The van der Waals surface area contributed by atoms with Gasteiger partial charge in [-0.25, -0.2) is 14.4 Å². The zero-order chi connectivity index (χ0) is 6.85. The average Bonchev–Trinajstić information content (AvgIpc) is 1.59. The van der Waals surface area contributed by atoms with Crippen molar-refractivity contribution in [3.63, 3.8) is 0 Å². The molecular weight excluding hydrogens is 317 g/mol. The van der Waals surface area contributed by atoms with Gasteiger partial charge < -0.3 is 5.48 Å². The molecule has 1 rings (SSSR count). The van der Waals surface area contributed by atoms with E-state index in [9.17, 15) is 14.4 Å².